The number of hydrogen-bond donors (Lipinski definition) is 4. The molecule has 0 unspecified atom stereocenters. The van der Waals surface area contributed by atoms with Crippen molar-refractivity contribution in [3.05, 3.63) is 99.0 Å². The van der Waals surface area contributed by atoms with E-state index >= 15 is 0 Å². The van der Waals surface area contributed by atoms with Crippen molar-refractivity contribution < 1.29 is 24.2 Å². The number of imide groups is 1. The topological polar surface area (TPSA) is 131 Å². The van der Waals surface area contributed by atoms with Gasteiger partial charge in [-0.2, -0.15) is 0 Å². The van der Waals surface area contributed by atoms with Crippen molar-refractivity contribution in [2.75, 3.05) is 11.1 Å². The van der Waals surface area contributed by atoms with E-state index in [1.165, 1.54) is 12.2 Å². The molecule has 3 amide bonds. The number of phenols is 1. The number of nitrogens with one attached hydrogen (secondary N) is 2. The Morgan fingerprint density at radius 2 is 1.69 bits per heavy atom. The third kappa shape index (κ3) is 7.19. The van der Waals surface area contributed by atoms with Gasteiger partial charge in [-0.1, -0.05) is 59.3 Å². The van der Waals surface area contributed by atoms with Gasteiger partial charge in [-0.25, -0.2) is 4.79 Å². The summed E-state index contributed by atoms with van der Waals surface area (Å²) >= 11 is 6.64. The Labute approximate surface area is 224 Å². The van der Waals surface area contributed by atoms with Gasteiger partial charge in [0.25, 0.3) is 5.91 Å². The van der Waals surface area contributed by atoms with Crippen LogP contribution in [0.3, 0.4) is 0 Å². The van der Waals surface area contributed by atoms with Crippen molar-refractivity contribution in [1.29, 1.82) is 0 Å². The second-order valence-electron chi connectivity index (χ2n) is 7.77. The van der Waals surface area contributed by atoms with E-state index in [1.807, 2.05) is 0 Å². The van der Waals surface area contributed by atoms with Crippen LogP contribution in [0.4, 0.5) is 16.2 Å². The number of carbonyl (C=O) groups excluding carboxylic acids is 3. The van der Waals surface area contributed by atoms with Gasteiger partial charge in [-0.3, -0.25) is 14.9 Å². The fourth-order valence-electron chi connectivity index (χ4n) is 3.28. The molecule has 36 heavy (non-hydrogen) atoms. The van der Waals surface area contributed by atoms with Gasteiger partial charge >= 0.3 is 6.09 Å². The minimum atomic E-state index is -1.05. The van der Waals surface area contributed by atoms with Gasteiger partial charge < -0.3 is 20.9 Å². The van der Waals surface area contributed by atoms with Crippen molar-refractivity contribution in [3.8, 4) is 5.75 Å². The zero-order chi connectivity index (χ0) is 26.2. The smallest absolute Gasteiger partial charge is 0.414 e. The molecule has 0 spiro atoms. The number of halogens is 2. The molecule has 10 heteroatoms. The van der Waals surface area contributed by atoms with Crippen molar-refractivity contribution in [1.82, 2.24) is 5.32 Å². The highest BCUT2D eigenvalue weighted by Gasteiger charge is 2.27. The Morgan fingerprint density at radius 3 is 2.39 bits per heavy atom. The maximum Gasteiger partial charge on any atom is 0.414 e. The van der Waals surface area contributed by atoms with Gasteiger partial charge in [0.15, 0.2) is 0 Å². The predicted molar refractivity (Wildman–Crippen MR) is 144 cm³/mol. The summed E-state index contributed by atoms with van der Waals surface area (Å²) < 4.78 is 6.56. The molecule has 186 valence electrons. The number of nitrogens with two attached hydrogens (primary N) is 1. The summed E-state index contributed by atoms with van der Waals surface area (Å²) in [6, 6.07) is 18.2. The first-order valence-electron chi connectivity index (χ1n) is 10.7. The van der Waals surface area contributed by atoms with Gasteiger partial charge in [-0.15, -0.1) is 0 Å². The average molecular weight is 617 g/mol. The Bertz CT molecular complexity index is 1300. The lowest BCUT2D eigenvalue weighted by Gasteiger charge is -2.24. The molecule has 5 N–H and O–H groups in total. The summed E-state index contributed by atoms with van der Waals surface area (Å²) in [5, 5.41) is 15.5. The standard InChI is InChI=1S/C26H23Br2N3O5/c1-15(11-12-22(32)30-21-10-6-5-9-20(21)29)24(18-13-17(27)14-19(28)23(18)33)36-26(35)31-25(34)16-7-3-2-4-8-16/h2-15,24,33H,29H2,1H3,(H,30,32)(H,31,34,35)/b12-11+/t15-,24-/m0/s1. The van der Waals surface area contributed by atoms with Crippen LogP contribution in [0.1, 0.15) is 28.9 Å². The maximum absolute atomic E-state index is 12.6. The lowest BCUT2D eigenvalue weighted by atomic mass is 9.96. The molecule has 2 atom stereocenters. The van der Waals surface area contributed by atoms with Crippen LogP contribution in [-0.2, 0) is 9.53 Å². The summed E-state index contributed by atoms with van der Waals surface area (Å²) in [5.41, 5.74) is 7.28. The number of nitrogen functional groups attached to an aromatic ring is 1. The molecule has 8 nitrogen and oxygen atoms in total. The van der Waals surface area contributed by atoms with Crippen LogP contribution in [0.25, 0.3) is 0 Å². The Morgan fingerprint density at radius 1 is 1.03 bits per heavy atom. The van der Waals surface area contributed by atoms with Crippen molar-refractivity contribution in [3.63, 3.8) is 0 Å². The second kappa shape index (κ2) is 12.4. The normalized spacial score (nSPS) is 12.5. The molecule has 0 aliphatic heterocycles. The third-order valence-electron chi connectivity index (χ3n) is 5.10. The van der Waals surface area contributed by atoms with Crippen LogP contribution in [0.15, 0.2) is 87.8 Å². The van der Waals surface area contributed by atoms with Crippen LogP contribution in [-0.4, -0.2) is 23.0 Å². The number of aromatic hydroxyl groups is 1. The van der Waals surface area contributed by atoms with Gasteiger partial charge in [-0.05, 0) is 58.4 Å². The van der Waals surface area contributed by atoms with Crippen LogP contribution >= 0.6 is 31.9 Å². The minimum absolute atomic E-state index is 0.146. The van der Waals surface area contributed by atoms with E-state index in [9.17, 15) is 19.5 Å². The highest BCUT2D eigenvalue weighted by molar-refractivity contribution is 9.11. The first kappa shape index (κ1) is 27.0. The van der Waals surface area contributed by atoms with E-state index in [1.54, 1.807) is 73.7 Å². The van der Waals surface area contributed by atoms with Crippen LogP contribution < -0.4 is 16.4 Å². The van der Waals surface area contributed by atoms with Crippen LogP contribution in [0.2, 0.25) is 0 Å². The molecule has 3 rings (SSSR count). The molecule has 0 aromatic heterocycles. The van der Waals surface area contributed by atoms with E-state index in [4.69, 9.17) is 10.5 Å². The fraction of sp³-hybridized carbons (Fsp3) is 0.115. The summed E-state index contributed by atoms with van der Waals surface area (Å²) in [4.78, 5) is 37.5. The number of hydrogen-bond acceptors (Lipinski definition) is 6. The predicted octanol–water partition coefficient (Wildman–Crippen LogP) is 5.94. The molecule has 0 radical (unpaired) electrons. The lowest BCUT2D eigenvalue weighted by Crippen LogP contribution is -2.33. The number of phenolic OH excluding ortho intramolecular Hbond substituents is 1. The molecule has 0 heterocycles. The number of carbonyl (C=O) groups is 3. The van der Waals surface area contributed by atoms with E-state index in [2.05, 4.69) is 42.5 Å². The van der Waals surface area contributed by atoms with Crippen LogP contribution in [0, 0.1) is 5.92 Å². The number of alkyl carbamates (subject to hydrolysis) is 1. The largest absolute Gasteiger partial charge is 0.506 e. The molecule has 3 aromatic rings. The zero-order valence-corrected chi connectivity index (χ0v) is 22.2. The van der Waals surface area contributed by atoms with Gasteiger partial charge in [0.1, 0.15) is 11.9 Å². The van der Waals surface area contributed by atoms with Gasteiger partial charge in [0.05, 0.1) is 15.8 Å². The molecule has 0 aliphatic rings. The van der Waals surface area contributed by atoms with E-state index in [0.717, 1.165) is 0 Å². The average Bonchev–Trinajstić information content (AvgIpc) is 2.85. The SMILES string of the molecule is C[C@@H](/C=C/C(=O)Nc1ccccc1N)[C@H](OC(=O)NC(=O)c1ccccc1)c1cc(Br)cc(Br)c1O. The van der Waals surface area contributed by atoms with E-state index in [0.29, 0.717) is 20.3 Å². The number of ether oxygens (including phenoxy) is 1. The summed E-state index contributed by atoms with van der Waals surface area (Å²) in [6.45, 7) is 1.70. The van der Waals surface area contributed by atoms with E-state index < -0.39 is 29.9 Å². The molecular weight excluding hydrogens is 594 g/mol. The molecule has 0 bridgehead atoms. The third-order valence-corrected chi connectivity index (χ3v) is 6.16. The number of benzene rings is 3. The molecular formula is C26H23Br2N3O5. The van der Waals surface area contributed by atoms with Gasteiger partial charge in [0, 0.05) is 21.5 Å². The molecule has 0 aliphatic carbocycles. The first-order valence-corrected chi connectivity index (χ1v) is 12.3. The second-order valence-corrected chi connectivity index (χ2v) is 9.54. The van der Waals surface area contributed by atoms with Crippen LogP contribution in [0.5, 0.6) is 5.75 Å². The highest BCUT2D eigenvalue weighted by atomic mass is 79.9. The summed E-state index contributed by atoms with van der Waals surface area (Å²) in [7, 11) is 0. The minimum Gasteiger partial charge on any atom is -0.506 e. The number of para-hydroxylation sites is 2. The molecule has 0 saturated heterocycles. The zero-order valence-electron chi connectivity index (χ0n) is 19.1. The highest BCUT2D eigenvalue weighted by Crippen LogP contribution is 2.40. The maximum atomic E-state index is 12.6. The Hall–Kier alpha value is -3.63. The quantitative estimate of drug-likeness (QED) is 0.192. The molecule has 0 saturated carbocycles. The van der Waals surface area contributed by atoms with Crippen molar-refractivity contribution >= 4 is 61.1 Å². The molecule has 0 fully saturated rings. The Kier molecular flexibility index (Phi) is 9.26. The summed E-state index contributed by atoms with van der Waals surface area (Å²) in [5.74, 6) is -1.82. The first-order chi connectivity index (χ1) is 17.2. The monoisotopic (exact) mass is 615 g/mol. The number of amides is 3. The fourth-order valence-corrected chi connectivity index (χ4v) is 4.54. The summed E-state index contributed by atoms with van der Waals surface area (Å²) in [6.07, 6.45) is 0.754. The van der Waals surface area contributed by atoms with E-state index in [-0.39, 0.29) is 16.9 Å². The van der Waals surface area contributed by atoms with Crippen molar-refractivity contribution in [2.45, 2.75) is 13.0 Å². The Balaban J connectivity index is 1.81. The van der Waals surface area contributed by atoms with Crippen molar-refractivity contribution in [2.24, 2.45) is 5.92 Å². The number of anilines is 2. The number of rotatable bonds is 7. The van der Waals surface area contributed by atoms with Gasteiger partial charge in [0.2, 0.25) is 5.91 Å². The molecule has 3 aromatic carbocycles. The lowest BCUT2D eigenvalue weighted by molar-refractivity contribution is -0.111.